The molecule has 2 fully saturated rings. The smallest absolute Gasteiger partial charge is 0.326 e. The second-order valence-electron chi connectivity index (χ2n) is 21.5. The standard InChI is InChI=1S/C53H80N14O15/c1-26(2)22-35(63-50(78)37-12-8-21-67(37)52(80)38-13-9-20-66(38)42(72)25-59-45(73)31(54)14-17-39(55)69)48(76)60-33(15-18-40(56)70)46(74)62-36(23-29-24-58-32-11-7-6-10-30(29)32)49(77)65-44(28(5)68)51(79)61-34(16-19-41(57)71)47(75)64-43(27(3)4)53(81)82/h6-7,10-11,24,26-28,31,33-38,43-44,58,68H,8-9,12-23,25,54H2,1-5H3,(H2,55,69)(H2,56,70)(H2,57,71)(H,59,73)(H,60,76)(H,61,79)(H,62,74)(H,63,78)(H,64,75)(H,65,77)(H,81,82)/t28-,31+,33+,34+,35+,36+,37+,38+,43+,44+/m1/s1. The van der Waals surface area contributed by atoms with Crippen LogP contribution in [0, 0.1) is 11.8 Å². The summed E-state index contributed by atoms with van der Waals surface area (Å²) in [6.07, 6.45) is -0.903. The van der Waals surface area contributed by atoms with E-state index < -0.39 is 175 Å². The molecule has 12 amide bonds. The number of nitrogens with zero attached hydrogens (tertiary/aromatic N) is 2. The van der Waals surface area contributed by atoms with E-state index in [1.807, 2.05) is 0 Å². The van der Waals surface area contributed by atoms with E-state index in [1.54, 1.807) is 44.3 Å². The van der Waals surface area contributed by atoms with Gasteiger partial charge < -0.3 is 85.1 Å². The molecule has 10 atom stereocenters. The van der Waals surface area contributed by atoms with Crippen molar-refractivity contribution in [2.24, 2.45) is 34.8 Å². The maximum absolute atomic E-state index is 14.5. The van der Waals surface area contributed by atoms with E-state index in [0.717, 1.165) is 6.92 Å². The van der Waals surface area contributed by atoms with Crippen LogP contribution in [-0.4, -0.2) is 182 Å². The van der Waals surface area contributed by atoms with Crippen molar-refractivity contribution in [3.8, 4) is 0 Å². The van der Waals surface area contributed by atoms with Crippen LogP contribution in [0.1, 0.15) is 111 Å². The van der Waals surface area contributed by atoms with Crippen LogP contribution in [0.25, 0.3) is 10.9 Å². The first-order valence-electron chi connectivity index (χ1n) is 27.4. The number of carbonyl (C=O) groups excluding carboxylic acids is 12. The number of primary amides is 3. The Bertz CT molecular complexity index is 2680. The average molecular weight is 1150 g/mol. The second-order valence-corrected chi connectivity index (χ2v) is 21.5. The Kier molecular flexibility index (Phi) is 25.2. The van der Waals surface area contributed by atoms with Gasteiger partial charge in [0.15, 0.2) is 0 Å². The number of aliphatic hydroxyl groups excluding tert-OH is 1. The zero-order chi connectivity index (χ0) is 61.1. The van der Waals surface area contributed by atoms with Gasteiger partial charge in [-0.05, 0) is 81.8 Å². The van der Waals surface area contributed by atoms with Crippen LogP contribution in [0.15, 0.2) is 30.5 Å². The van der Waals surface area contributed by atoms with Crippen molar-refractivity contribution in [1.29, 1.82) is 0 Å². The number of hydrogen-bond donors (Lipinski definition) is 14. The van der Waals surface area contributed by atoms with Crippen molar-refractivity contribution in [2.75, 3.05) is 19.6 Å². The highest BCUT2D eigenvalue weighted by molar-refractivity contribution is 5.99. The molecule has 1 aromatic carbocycles. The predicted molar refractivity (Wildman–Crippen MR) is 293 cm³/mol. The molecule has 2 aliphatic heterocycles. The van der Waals surface area contributed by atoms with Gasteiger partial charge in [-0.25, -0.2) is 4.79 Å². The average Bonchev–Trinajstić information content (AvgIpc) is 4.24. The normalized spacial score (nSPS) is 18.0. The molecule has 2 aliphatic rings. The maximum Gasteiger partial charge on any atom is 0.326 e. The minimum Gasteiger partial charge on any atom is -0.480 e. The summed E-state index contributed by atoms with van der Waals surface area (Å²) in [5.74, 6) is -12.2. The highest BCUT2D eigenvalue weighted by Gasteiger charge is 2.43. The molecule has 0 spiro atoms. The van der Waals surface area contributed by atoms with E-state index in [2.05, 4.69) is 42.2 Å². The van der Waals surface area contributed by atoms with Gasteiger partial charge in [-0.15, -0.1) is 0 Å². The number of fused-ring (bicyclic) bond motifs is 1. The number of aliphatic hydroxyl groups is 1. The van der Waals surface area contributed by atoms with Crippen molar-refractivity contribution >= 4 is 87.8 Å². The van der Waals surface area contributed by atoms with Gasteiger partial charge in [-0.2, -0.15) is 0 Å². The fourth-order valence-electron chi connectivity index (χ4n) is 9.68. The zero-order valence-electron chi connectivity index (χ0n) is 46.8. The number of aromatic nitrogens is 1. The fourth-order valence-corrected chi connectivity index (χ4v) is 9.68. The third-order valence-electron chi connectivity index (χ3n) is 14.1. The van der Waals surface area contributed by atoms with E-state index in [1.165, 1.54) is 23.6 Å². The molecule has 1 aromatic heterocycles. The van der Waals surface area contributed by atoms with Gasteiger partial charge in [-0.1, -0.05) is 45.9 Å². The van der Waals surface area contributed by atoms with Crippen LogP contribution in [0.3, 0.4) is 0 Å². The van der Waals surface area contributed by atoms with Crippen molar-refractivity contribution < 1.29 is 72.5 Å². The first kappa shape index (κ1) is 66.3. The Morgan fingerprint density at radius 1 is 0.622 bits per heavy atom. The summed E-state index contributed by atoms with van der Waals surface area (Å²) in [6.45, 7) is 7.60. The van der Waals surface area contributed by atoms with E-state index in [-0.39, 0.29) is 57.5 Å². The van der Waals surface area contributed by atoms with Crippen molar-refractivity contribution in [3.63, 3.8) is 0 Å². The molecule has 0 saturated carbocycles. The molecule has 0 aliphatic carbocycles. The molecular formula is C53H80N14O15. The van der Waals surface area contributed by atoms with E-state index >= 15 is 0 Å². The topological polar surface area (TPSA) is 473 Å². The summed E-state index contributed by atoms with van der Waals surface area (Å²) in [4.78, 5) is 178. The van der Waals surface area contributed by atoms with E-state index in [0.29, 0.717) is 29.3 Å². The van der Waals surface area contributed by atoms with E-state index in [4.69, 9.17) is 22.9 Å². The molecule has 0 radical (unpaired) electrons. The molecule has 3 heterocycles. The number of carboxylic acids is 1. The molecular weight excluding hydrogens is 1070 g/mol. The lowest BCUT2D eigenvalue weighted by Crippen LogP contribution is -2.62. The molecule has 0 unspecified atom stereocenters. The Balaban J connectivity index is 1.56. The summed E-state index contributed by atoms with van der Waals surface area (Å²) >= 11 is 0. The van der Waals surface area contributed by atoms with Gasteiger partial charge in [0.25, 0.3) is 0 Å². The fraction of sp³-hybridized carbons (Fsp3) is 0.604. The first-order valence-corrected chi connectivity index (χ1v) is 27.4. The number of nitrogens with two attached hydrogens (primary N) is 4. The van der Waals surface area contributed by atoms with Gasteiger partial charge in [0.1, 0.15) is 48.3 Å². The SMILES string of the molecule is CC(C)C[C@H](NC(=O)[C@@H]1CCCN1C(=O)[C@@H]1CCCN1C(=O)CNC(=O)[C@@H](N)CCC(N)=O)C(=O)N[C@@H](CCC(N)=O)C(=O)N[C@@H](Cc1c[nH]c2ccccc12)C(=O)N[C@H](C(=O)N[C@@H](CCC(N)=O)C(=O)N[C@H](C(=O)O)C(C)C)[C@@H](C)O. The number of H-pyrrole nitrogens is 1. The number of rotatable bonds is 32. The monoisotopic (exact) mass is 1150 g/mol. The highest BCUT2D eigenvalue weighted by Crippen LogP contribution is 2.26. The van der Waals surface area contributed by atoms with Gasteiger partial charge in [-0.3, -0.25) is 57.5 Å². The van der Waals surface area contributed by atoms with Gasteiger partial charge >= 0.3 is 5.97 Å². The summed E-state index contributed by atoms with van der Waals surface area (Å²) in [6, 6.07) is -5.54. The molecule has 2 saturated heterocycles. The lowest BCUT2D eigenvalue weighted by atomic mass is 10.0. The van der Waals surface area contributed by atoms with Crippen LogP contribution in [0.4, 0.5) is 0 Å². The number of carboxylic acid groups (broad SMARTS) is 1. The Labute approximate surface area is 473 Å². The van der Waals surface area contributed by atoms with Crippen molar-refractivity contribution in [2.45, 2.75) is 172 Å². The number of nitrogens with one attached hydrogen (secondary N) is 8. The number of aliphatic carboxylic acids is 1. The number of aromatic amines is 1. The lowest BCUT2D eigenvalue weighted by Gasteiger charge is -2.32. The summed E-state index contributed by atoms with van der Waals surface area (Å²) in [5.41, 5.74) is 22.9. The predicted octanol–water partition coefficient (Wildman–Crippen LogP) is -3.99. The number of benzene rings is 1. The minimum atomic E-state index is -1.85. The number of carbonyl (C=O) groups is 13. The van der Waals surface area contributed by atoms with Gasteiger partial charge in [0, 0.05) is 55.9 Å². The molecule has 82 heavy (non-hydrogen) atoms. The van der Waals surface area contributed by atoms with Crippen LogP contribution in [0.5, 0.6) is 0 Å². The van der Waals surface area contributed by atoms with E-state index in [9.17, 15) is 72.5 Å². The largest absolute Gasteiger partial charge is 0.480 e. The number of likely N-dealkylation sites (tertiary alicyclic amines) is 2. The summed E-state index contributed by atoms with van der Waals surface area (Å²) < 4.78 is 0. The number of hydrogen-bond acceptors (Lipinski definition) is 15. The molecule has 18 N–H and O–H groups in total. The van der Waals surface area contributed by atoms with Crippen LogP contribution in [-0.2, 0) is 68.7 Å². The van der Waals surface area contributed by atoms with Crippen molar-refractivity contribution in [3.05, 3.63) is 36.0 Å². The quantitative estimate of drug-likeness (QED) is 0.0332. The first-order chi connectivity index (χ1) is 38.6. The zero-order valence-corrected chi connectivity index (χ0v) is 46.8. The number of amides is 12. The summed E-state index contributed by atoms with van der Waals surface area (Å²) in [7, 11) is 0. The second kappa shape index (κ2) is 31.1. The minimum absolute atomic E-state index is 0.0164. The number of para-hydroxylation sites is 1. The van der Waals surface area contributed by atoms with Crippen molar-refractivity contribution in [1.82, 2.24) is 52.0 Å². The Hall–Kier alpha value is -8.21. The summed E-state index contributed by atoms with van der Waals surface area (Å²) in [5, 5.41) is 38.7. The Morgan fingerprint density at radius 3 is 1.71 bits per heavy atom. The van der Waals surface area contributed by atoms with Crippen LogP contribution < -0.4 is 60.2 Å². The highest BCUT2D eigenvalue weighted by atomic mass is 16.4. The maximum atomic E-state index is 14.5. The molecule has 29 heteroatoms. The van der Waals surface area contributed by atoms with Crippen LogP contribution in [0.2, 0.25) is 0 Å². The Morgan fingerprint density at radius 2 is 1.13 bits per heavy atom. The van der Waals surface area contributed by atoms with Crippen LogP contribution >= 0.6 is 0 Å². The third-order valence-corrected chi connectivity index (χ3v) is 14.1. The van der Waals surface area contributed by atoms with Gasteiger partial charge in [0.2, 0.25) is 70.9 Å². The molecule has 2 aromatic rings. The molecule has 0 bridgehead atoms. The third kappa shape index (κ3) is 19.5. The molecule has 452 valence electrons. The van der Waals surface area contributed by atoms with Gasteiger partial charge in [0.05, 0.1) is 18.7 Å². The lowest BCUT2D eigenvalue weighted by molar-refractivity contribution is -0.147. The molecule has 29 nitrogen and oxygen atoms in total. The molecule has 4 rings (SSSR count).